The van der Waals surface area contributed by atoms with E-state index < -0.39 is 5.97 Å². The van der Waals surface area contributed by atoms with Crippen molar-refractivity contribution in [2.45, 2.75) is 12.8 Å². The third-order valence-corrected chi connectivity index (χ3v) is 2.52. The molecule has 76 valence electrons. The molecule has 15 heavy (non-hydrogen) atoms. The first-order valence-electron chi connectivity index (χ1n) is 4.62. The molecular formula is C9H11N2NaO3. The van der Waals surface area contributed by atoms with Crippen LogP contribution in [0.25, 0.3) is 0 Å². The maximum Gasteiger partial charge on any atom is 1.00 e. The molecule has 1 aromatic rings. The number of piperidine rings is 1. The third-order valence-electron chi connectivity index (χ3n) is 2.52. The number of aromatic nitrogens is 1. The summed E-state index contributed by atoms with van der Waals surface area (Å²) in [4.78, 5) is 16.5. The summed E-state index contributed by atoms with van der Waals surface area (Å²) in [6, 6.07) is 0.571. The largest absolute Gasteiger partial charge is 1.00 e. The van der Waals surface area contributed by atoms with Crippen molar-refractivity contribution in [2.24, 2.45) is 5.92 Å². The van der Waals surface area contributed by atoms with E-state index in [0.29, 0.717) is 31.9 Å². The molecule has 0 aliphatic carbocycles. The molecule has 2 rings (SSSR count). The van der Waals surface area contributed by atoms with E-state index in [1.807, 2.05) is 4.90 Å². The third kappa shape index (κ3) is 2.96. The van der Waals surface area contributed by atoms with E-state index in [2.05, 4.69) is 4.98 Å². The Labute approximate surface area is 110 Å². The van der Waals surface area contributed by atoms with Gasteiger partial charge in [0, 0.05) is 25.0 Å². The summed E-state index contributed by atoms with van der Waals surface area (Å²) < 4.78 is 5.12. The van der Waals surface area contributed by atoms with E-state index in [-0.39, 0.29) is 35.5 Å². The van der Waals surface area contributed by atoms with Gasteiger partial charge in [-0.15, -0.1) is 0 Å². The Hall–Kier alpha value is -0.520. The first-order valence-corrected chi connectivity index (χ1v) is 4.62. The minimum Gasteiger partial charge on any atom is -0.550 e. The quantitative estimate of drug-likeness (QED) is 0.485. The van der Waals surface area contributed by atoms with E-state index in [1.54, 1.807) is 6.20 Å². The SMILES string of the molecule is O=C([O-])C1CCN(c2ncco2)CC1.[Na+]. The van der Waals surface area contributed by atoms with Gasteiger partial charge in [-0.25, -0.2) is 4.98 Å². The van der Waals surface area contributed by atoms with Gasteiger partial charge in [0.15, 0.2) is 0 Å². The zero-order chi connectivity index (χ0) is 9.97. The number of carbonyl (C=O) groups excluding carboxylic acids is 1. The molecule has 2 heterocycles. The van der Waals surface area contributed by atoms with Crippen LogP contribution in [0.15, 0.2) is 16.9 Å². The molecule has 0 saturated carbocycles. The van der Waals surface area contributed by atoms with E-state index in [1.165, 1.54) is 6.26 Å². The van der Waals surface area contributed by atoms with E-state index in [9.17, 15) is 9.90 Å². The number of aliphatic carboxylic acids is 1. The summed E-state index contributed by atoms with van der Waals surface area (Å²) >= 11 is 0. The Morgan fingerprint density at radius 1 is 1.53 bits per heavy atom. The van der Waals surface area contributed by atoms with Crippen LogP contribution in [-0.4, -0.2) is 24.0 Å². The molecule has 0 unspecified atom stereocenters. The molecule has 0 amide bonds. The zero-order valence-corrected chi connectivity index (χ0v) is 10.7. The summed E-state index contributed by atoms with van der Waals surface area (Å²) in [7, 11) is 0. The van der Waals surface area contributed by atoms with Crippen LogP contribution >= 0.6 is 0 Å². The standard InChI is InChI=1S/C9H12N2O3.Na/c12-8(13)7-1-4-11(5-2-7)9-10-3-6-14-9;/h3,6-7H,1-2,4-5H2,(H,12,13);/q;+1/p-1. The van der Waals surface area contributed by atoms with Gasteiger partial charge in [0.2, 0.25) is 0 Å². The van der Waals surface area contributed by atoms with Crippen molar-refractivity contribution in [2.75, 3.05) is 18.0 Å². The average Bonchev–Trinajstić information content (AvgIpc) is 2.71. The van der Waals surface area contributed by atoms with E-state index in [4.69, 9.17) is 4.42 Å². The van der Waals surface area contributed by atoms with E-state index >= 15 is 0 Å². The monoisotopic (exact) mass is 218 g/mol. The smallest absolute Gasteiger partial charge is 0.550 e. The molecule has 6 heteroatoms. The molecular weight excluding hydrogens is 207 g/mol. The molecule has 0 aromatic carbocycles. The van der Waals surface area contributed by atoms with Gasteiger partial charge in [-0.1, -0.05) is 0 Å². The predicted octanol–water partition coefficient (Wildman–Crippen LogP) is -3.36. The summed E-state index contributed by atoms with van der Waals surface area (Å²) in [6.07, 6.45) is 4.30. The topological polar surface area (TPSA) is 69.4 Å². The summed E-state index contributed by atoms with van der Waals surface area (Å²) in [5.41, 5.74) is 0. The molecule has 1 saturated heterocycles. The fraction of sp³-hybridized carbons (Fsp3) is 0.556. The van der Waals surface area contributed by atoms with Crippen molar-refractivity contribution < 1.29 is 43.9 Å². The predicted molar refractivity (Wildman–Crippen MR) is 46.4 cm³/mol. The van der Waals surface area contributed by atoms with E-state index in [0.717, 1.165) is 0 Å². The van der Waals surface area contributed by atoms with Crippen molar-refractivity contribution in [1.29, 1.82) is 0 Å². The number of anilines is 1. The maximum absolute atomic E-state index is 10.6. The Kier molecular flexibility index (Phi) is 4.63. The Bertz CT molecular complexity index is 307. The van der Waals surface area contributed by atoms with Crippen LogP contribution in [-0.2, 0) is 4.79 Å². The van der Waals surface area contributed by atoms with Gasteiger partial charge in [0.25, 0.3) is 6.01 Å². The first kappa shape index (κ1) is 12.5. The fourth-order valence-corrected chi connectivity index (χ4v) is 1.68. The van der Waals surface area contributed by atoms with Crippen LogP contribution in [0.2, 0.25) is 0 Å². The molecule has 0 radical (unpaired) electrons. The molecule has 0 atom stereocenters. The number of nitrogens with zero attached hydrogens (tertiary/aromatic N) is 2. The van der Waals surface area contributed by atoms with Gasteiger partial charge >= 0.3 is 29.6 Å². The summed E-state index contributed by atoms with van der Waals surface area (Å²) in [5.74, 6) is -1.27. The van der Waals surface area contributed by atoms with Gasteiger partial charge in [0.1, 0.15) is 6.26 Å². The number of carboxylic acids is 1. The van der Waals surface area contributed by atoms with Gasteiger partial charge in [-0.3, -0.25) is 0 Å². The van der Waals surface area contributed by atoms with Crippen LogP contribution in [0.4, 0.5) is 6.01 Å². The Morgan fingerprint density at radius 2 is 2.20 bits per heavy atom. The maximum atomic E-state index is 10.6. The van der Waals surface area contributed by atoms with Crippen molar-refractivity contribution in [3.8, 4) is 0 Å². The number of hydrogen-bond acceptors (Lipinski definition) is 5. The molecule has 1 aliphatic heterocycles. The minimum absolute atomic E-state index is 0. The van der Waals surface area contributed by atoms with Crippen molar-refractivity contribution in [3.05, 3.63) is 12.5 Å². The first-order chi connectivity index (χ1) is 6.77. The Morgan fingerprint density at radius 3 is 2.67 bits per heavy atom. The molecule has 0 bridgehead atoms. The summed E-state index contributed by atoms with van der Waals surface area (Å²) in [6.45, 7) is 1.33. The van der Waals surface area contributed by atoms with Crippen LogP contribution in [0, 0.1) is 5.92 Å². The van der Waals surface area contributed by atoms with Crippen molar-refractivity contribution in [3.63, 3.8) is 0 Å². The van der Waals surface area contributed by atoms with Gasteiger partial charge in [-0.2, -0.15) is 0 Å². The molecule has 5 nitrogen and oxygen atoms in total. The van der Waals surface area contributed by atoms with Crippen LogP contribution in [0.3, 0.4) is 0 Å². The molecule has 1 aromatic heterocycles. The number of rotatable bonds is 2. The van der Waals surface area contributed by atoms with Crippen molar-refractivity contribution >= 4 is 12.0 Å². The number of carbonyl (C=O) groups is 1. The van der Waals surface area contributed by atoms with Gasteiger partial charge in [-0.05, 0) is 12.8 Å². The van der Waals surface area contributed by atoms with Crippen LogP contribution in [0.5, 0.6) is 0 Å². The number of hydrogen-bond donors (Lipinski definition) is 0. The average molecular weight is 218 g/mol. The summed E-state index contributed by atoms with van der Waals surface area (Å²) in [5, 5.41) is 10.6. The molecule has 1 aliphatic rings. The van der Waals surface area contributed by atoms with Crippen LogP contribution < -0.4 is 39.6 Å². The van der Waals surface area contributed by atoms with Gasteiger partial charge < -0.3 is 19.2 Å². The molecule has 1 fully saturated rings. The van der Waals surface area contributed by atoms with Gasteiger partial charge in [0.05, 0.1) is 6.20 Å². The van der Waals surface area contributed by atoms with Crippen molar-refractivity contribution in [1.82, 2.24) is 4.98 Å². The molecule has 0 N–H and O–H groups in total. The van der Waals surface area contributed by atoms with Crippen LogP contribution in [0.1, 0.15) is 12.8 Å². The normalized spacial score (nSPS) is 17.2. The fourth-order valence-electron chi connectivity index (χ4n) is 1.68. The second-order valence-corrected chi connectivity index (χ2v) is 3.40. The number of oxazole rings is 1. The minimum atomic E-state index is -0.947. The number of carboxylic acid groups (broad SMARTS) is 1. The second-order valence-electron chi connectivity index (χ2n) is 3.40. The second kappa shape index (κ2) is 5.53. The zero-order valence-electron chi connectivity index (χ0n) is 8.68. The molecule has 0 spiro atoms. The Balaban J connectivity index is 0.00000112.